The molecule has 2 N–H and O–H groups in total. The normalized spacial score (nSPS) is 17.4. The van der Waals surface area contributed by atoms with Gasteiger partial charge in [0.2, 0.25) is 5.91 Å². The molecule has 1 fully saturated rings. The number of aliphatic hydroxyl groups excluding tert-OH is 1. The lowest BCUT2D eigenvalue weighted by Gasteiger charge is -2.38. The van der Waals surface area contributed by atoms with E-state index in [2.05, 4.69) is 16.8 Å². The molecule has 3 rings (SSSR count). The van der Waals surface area contributed by atoms with E-state index < -0.39 is 0 Å². The number of aromatic nitrogens is 1. The van der Waals surface area contributed by atoms with E-state index in [0.717, 1.165) is 36.0 Å². The molecule has 5 nitrogen and oxygen atoms in total. The highest BCUT2D eigenvalue weighted by Gasteiger charge is 2.25. The Balaban J connectivity index is 1.62. The zero-order chi connectivity index (χ0) is 17.1. The Morgan fingerprint density at radius 3 is 2.75 bits per heavy atom. The molecule has 2 heterocycles. The fourth-order valence-electron chi connectivity index (χ4n) is 3.41. The standard InChI is InChI=1S/C18H24FN3O2/c1-2-15(12-23)21-5-7-22(8-6-21)18(24)9-13-11-20-17-4-3-14(19)10-16(13)17/h3-4,10-11,15,20,23H,2,5-9,12H2,1H3. The summed E-state index contributed by atoms with van der Waals surface area (Å²) in [6.07, 6.45) is 2.98. The van der Waals surface area contributed by atoms with Gasteiger partial charge in [-0.25, -0.2) is 4.39 Å². The van der Waals surface area contributed by atoms with E-state index in [1.165, 1.54) is 12.1 Å². The lowest BCUT2D eigenvalue weighted by atomic mass is 10.1. The van der Waals surface area contributed by atoms with Crippen LogP contribution >= 0.6 is 0 Å². The molecule has 1 saturated heterocycles. The molecule has 1 amide bonds. The lowest BCUT2D eigenvalue weighted by molar-refractivity contribution is -0.132. The molecule has 0 saturated carbocycles. The van der Waals surface area contributed by atoms with Crippen LogP contribution in [0.15, 0.2) is 24.4 Å². The smallest absolute Gasteiger partial charge is 0.227 e. The molecule has 2 aromatic rings. The van der Waals surface area contributed by atoms with Crippen molar-refractivity contribution in [1.82, 2.24) is 14.8 Å². The van der Waals surface area contributed by atoms with Crippen LogP contribution < -0.4 is 0 Å². The van der Waals surface area contributed by atoms with Crippen molar-refractivity contribution in [3.63, 3.8) is 0 Å². The molecule has 0 radical (unpaired) electrons. The first-order valence-electron chi connectivity index (χ1n) is 8.50. The first-order valence-corrected chi connectivity index (χ1v) is 8.50. The van der Waals surface area contributed by atoms with Gasteiger partial charge in [-0.05, 0) is 30.2 Å². The number of aliphatic hydroxyl groups is 1. The second kappa shape index (κ2) is 7.32. The van der Waals surface area contributed by atoms with Gasteiger partial charge in [0.25, 0.3) is 0 Å². The van der Waals surface area contributed by atoms with Gasteiger partial charge in [-0.15, -0.1) is 0 Å². The molecular weight excluding hydrogens is 309 g/mol. The highest BCUT2D eigenvalue weighted by atomic mass is 19.1. The largest absolute Gasteiger partial charge is 0.395 e. The van der Waals surface area contributed by atoms with E-state index in [9.17, 15) is 14.3 Å². The lowest BCUT2D eigenvalue weighted by Crippen LogP contribution is -2.53. The Bertz CT molecular complexity index is 703. The third kappa shape index (κ3) is 3.44. The maximum absolute atomic E-state index is 13.4. The molecule has 1 aliphatic heterocycles. The summed E-state index contributed by atoms with van der Waals surface area (Å²) in [5, 5.41) is 10.2. The van der Waals surface area contributed by atoms with Gasteiger partial charge in [0.05, 0.1) is 13.0 Å². The van der Waals surface area contributed by atoms with Gasteiger partial charge >= 0.3 is 0 Å². The van der Waals surface area contributed by atoms with Crippen LogP contribution in [0.4, 0.5) is 4.39 Å². The highest BCUT2D eigenvalue weighted by Crippen LogP contribution is 2.21. The minimum absolute atomic E-state index is 0.0665. The minimum Gasteiger partial charge on any atom is -0.395 e. The number of hydrogen-bond acceptors (Lipinski definition) is 3. The summed E-state index contributed by atoms with van der Waals surface area (Å²) < 4.78 is 13.4. The molecular formula is C18H24FN3O2. The molecule has 1 aromatic carbocycles. The maximum atomic E-state index is 13.4. The van der Waals surface area contributed by atoms with Crippen LogP contribution in [0.3, 0.4) is 0 Å². The van der Waals surface area contributed by atoms with Gasteiger partial charge < -0.3 is 15.0 Å². The van der Waals surface area contributed by atoms with Gasteiger partial charge in [0.15, 0.2) is 0 Å². The number of nitrogens with zero attached hydrogens (tertiary/aromatic N) is 2. The van der Waals surface area contributed by atoms with Gasteiger partial charge in [-0.1, -0.05) is 6.92 Å². The average molecular weight is 333 g/mol. The fourth-order valence-corrected chi connectivity index (χ4v) is 3.41. The number of nitrogens with one attached hydrogen (secondary N) is 1. The van der Waals surface area contributed by atoms with Gasteiger partial charge in [0, 0.05) is 49.3 Å². The summed E-state index contributed by atoms with van der Waals surface area (Å²) in [6.45, 7) is 5.14. The predicted molar refractivity (Wildman–Crippen MR) is 91.3 cm³/mol. The maximum Gasteiger partial charge on any atom is 0.227 e. The molecule has 24 heavy (non-hydrogen) atoms. The van der Waals surface area contributed by atoms with Crippen molar-refractivity contribution in [3.8, 4) is 0 Å². The van der Waals surface area contributed by atoms with Crippen LogP contribution in [-0.2, 0) is 11.2 Å². The summed E-state index contributed by atoms with van der Waals surface area (Å²) in [5.41, 5.74) is 1.68. The Labute approximate surface area is 141 Å². The van der Waals surface area contributed by atoms with Gasteiger partial charge in [0.1, 0.15) is 5.82 Å². The van der Waals surface area contributed by atoms with Crippen LogP contribution in [0.5, 0.6) is 0 Å². The van der Waals surface area contributed by atoms with Crippen LogP contribution in [0.25, 0.3) is 10.9 Å². The van der Waals surface area contributed by atoms with Crippen molar-refractivity contribution in [1.29, 1.82) is 0 Å². The number of aromatic amines is 1. The molecule has 130 valence electrons. The number of H-pyrrole nitrogens is 1. The zero-order valence-electron chi connectivity index (χ0n) is 14.0. The first-order chi connectivity index (χ1) is 11.6. The number of amides is 1. The second-order valence-corrected chi connectivity index (χ2v) is 6.34. The van der Waals surface area contributed by atoms with Crippen LogP contribution in [0, 0.1) is 5.82 Å². The van der Waals surface area contributed by atoms with Crippen LogP contribution in [0.2, 0.25) is 0 Å². The molecule has 1 aromatic heterocycles. The van der Waals surface area contributed by atoms with Crippen molar-refractivity contribution in [2.24, 2.45) is 0 Å². The molecule has 1 aliphatic rings. The minimum atomic E-state index is -0.293. The molecule has 0 aliphatic carbocycles. The monoisotopic (exact) mass is 333 g/mol. The Morgan fingerprint density at radius 1 is 1.33 bits per heavy atom. The van der Waals surface area contributed by atoms with Crippen LogP contribution in [-0.4, -0.2) is 64.6 Å². The highest BCUT2D eigenvalue weighted by molar-refractivity contribution is 5.89. The quantitative estimate of drug-likeness (QED) is 0.877. The van der Waals surface area contributed by atoms with Crippen molar-refractivity contribution in [2.45, 2.75) is 25.8 Å². The van der Waals surface area contributed by atoms with E-state index in [1.807, 2.05) is 4.90 Å². The number of hydrogen-bond donors (Lipinski definition) is 2. The number of rotatable bonds is 5. The topological polar surface area (TPSA) is 59.6 Å². The molecule has 0 bridgehead atoms. The van der Waals surface area contributed by atoms with E-state index in [-0.39, 0.29) is 30.8 Å². The Hall–Kier alpha value is -1.92. The average Bonchev–Trinajstić information content (AvgIpc) is 2.98. The zero-order valence-corrected chi connectivity index (χ0v) is 14.0. The van der Waals surface area contributed by atoms with Crippen molar-refractivity contribution in [2.75, 3.05) is 32.8 Å². The van der Waals surface area contributed by atoms with Crippen molar-refractivity contribution in [3.05, 3.63) is 35.8 Å². The second-order valence-electron chi connectivity index (χ2n) is 6.34. The number of fused-ring (bicyclic) bond motifs is 1. The van der Waals surface area contributed by atoms with E-state index in [0.29, 0.717) is 13.1 Å². The van der Waals surface area contributed by atoms with E-state index in [1.54, 1.807) is 12.3 Å². The third-order valence-electron chi connectivity index (χ3n) is 4.94. The molecule has 0 spiro atoms. The summed E-state index contributed by atoms with van der Waals surface area (Å²) in [5.74, 6) is -0.226. The Kier molecular flexibility index (Phi) is 5.16. The van der Waals surface area contributed by atoms with Gasteiger partial charge in [-0.2, -0.15) is 0 Å². The summed E-state index contributed by atoms with van der Waals surface area (Å²) >= 11 is 0. The SMILES string of the molecule is CCC(CO)N1CCN(C(=O)Cc2c[nH]c3ccc(F)cc23)CC1. The number of carbonyl (C=O) groups excluding carboxylic acids is 1. The third-order valence-corrected chi connectivity index (χ3v) is 4.94. The molecule has 6 heteroatoms. The first kappa shape index (κ1) is 16.9. The number of carbonyl (C=O) groups is 1. The van der Waals surface area contributed by atoms with Crippen LogP contribution in [0.1, 0.15) is 18.9 Å². The summed E-state index contributed by atoms with van der Waals surface area (Å²) in [7, 11) is 0. The summed E-state index contributed by atoms with van der Waals surface area (Å²) in [4.78, 5) is 19.7. The predicted octanol–water partition coefficient (Wildman–Crippen LogP) is 1.76. The molecule has 1 atom stereocenters. The Morgan fingerprint density at radius 2 is 2.08 bits per heavy atom. The fraction of sp³-hybridized carbons (Fsp3) is 0.500. The number of halogens is 1. The van der Waals surface area contributed by atoms with E-state index in [4.69, 9.17) is 0 Å². The van der Waals surface area contributed by atoms with E-state index >= 15 is 0 Å². The number of benzene rings is 1. The molecule has 1 unspecified atom stereocenters. The van der Waals surface area contributed by atoms with Crippen molar-refractivity contribution < 1.29 is 14.3 Å². The summed E-state index contributed by atoms with van der Waals surface area (Å²) in [6, 6.07) is 4.75. The number of piperazine rings is 1. The van der Waals surface area contributed by atoms with Gasteiger partial charge in [-0.3, -0.25) is 9.69 Å². The van der Waals surface area contributed by atoms with Crippen molar-refractivity contribution >= 4 is 16.8 Å².